The van der Waals surface area contributed by atoms with Crippen molar-refractivity contribution in [3.8, 4) is 0 Å². The summed E-state index contributed by atoms with van der Waals surface area (Å²) < 4.78 is 6.32. The summed E-state index contributed by atoms with van der Waals surface area (Å²) in [5.41, 5.74) is 2.43. The van der Waals surface area contributed by atoms with Crippen molar-refractivity contribution >= 4 is 21.6 Å². The molecule has 16 heavy (non-hydrogen) atoms. The van der Waals surface area contributed by atoms with Gasteiger partial charge >= 0.3 is 0 Å². The minimum absolute atomic E-state index is 0.781. The number of aryl methyl sites for hydroxylation is 1. The van der Waals surface area contributed by atoms with Crippen LogP contribution in [0.3, 0.4) is 0 Å². The number of hydrogen-bond donors (Lipinski definition) is 0. The smallest absolute Gasteiger partial charge is 0.0907 e. The molecule has 0 spiro atoms. The molecule has 0 saturated heterocycles. The van der Waals surface area contributed by atoms with Crippen LogP contribution in [0, 0.1) is 6.92 Å². The Hall–Kier alpha value is -1.19. The zero-order chi connectivity index (χ0) is 12.0. The number of benzene rings is 1. The van der Waals surface area contributed by atoms with Gasteiger partial charge in [0.05, 0.1) is 21.8 Å². The maximum Gasteiger partial charge on any atom is 0.0907 e. The molecule has 0 fully saturated rings. The molecule has 1 aromatic heterocycles. The third kappa shape index (κ3) is 3.15. The van der Waals surface area contributed by atoms with Crippen LogP contribution in [-0.2, 0) is 11.2 Å². The van der Waals surface area contributed by atoms with Crippen LogP contribution in [0.25, 0.3) is 10.2 Å². The Labute approximate surface area is 101 Å². The second-order valence-electron chi connectivity index (χ2n) is 3.28. The lowest BCUT2D eigenvalue weighted by Crippen LogP contribution is -1.93. The van der Waals surface area contributed by atoms with Crippen LogP contribution in [0.4, 0.5) is 0 Å². The molecule has 0 N–H and O–H groups in total. The van der Waals surface area contributed by atoms with Gasteiger partial charge in [0.1, 0.15) is 0 Å². The average molecular weight is 235 g/mol. The average Bonchev–Trinajstić information content (AvgIpc) is 2.68. The van der Waals surface area contributed by atoms with Gasteiger partial charge in [-0.2, -0.15) is 0 Å². The second kappa shape index (κ2) is 6.40. The van der Waals surface area contributed by atoms with Crippen molar-refractivity contribution in [1.82, 2.24) is 4.98 Å². The lowest BCUT2D eigenvalue weighted by Gasteiger charge is -1.99. The number of thiazole rings is 1. The van der Waals surface area contributed by atoms with Gasteiger partial charge in [-0.05, 0) is 31.0 Å². The van der Waals surface area contributed by atoms with E-state index in [1.807, 2.05) is 6.92 Å². The van der Waals surface area contributed by atoms with Crippen LogP contribution in [-0.4, -0.2) is 18.7 Å². The number of ether oxygens (including phenoxy) is 1. The molecule has 0 unspecified atom stereocenters. The molecule has 0 atom stereocenters. The van der Waals surface area contributed by atoms with E-state index in [1.165, 1.54) is 10.3 Å². The van der Waals surface area contributed by atoms with Crippen molar-refractivity contribution in [2.45, 2.75) is 13.3 Å². The highest BCUT2D eigenvalue weighted by Gasteiger charge is 2.01. The number of hydrogen-bond acceptors (Lipinski definition) is 3. The van der Waals surface area contributed by atoms with E-state index in [0.717, 1.165) is 23.6 Å². The van der Waals surface area contributed by atoms with Crippen molar-refractivity contribution in [2.24, 2.45) is 0 Å². The Morgan fingerprint density at radius 2 is 2.12 bits per heavy atom. The van der Waals surface area contributed by atoms with E-state index in [1.54, 1.807) is 18.4 Å². The molecule has 1 aromatic carbocycles. The molecule has 0 bridgehead atoms. The Kier molecular flexibility index (Phi) is 5.15. The summed E-state index contributed by atoms with van der Waals surface area (Å²) in [6.07, 6.45) is 0.976. The van der Waals surface area contributed by atoms with Gasteiger partial charge in [-0.25, -0.2) is 4.98 Å². The SMILES string of the molecule is C=C.COCCc1ccc2nc(C)sc2c1. The van der Waals surface area contributed by atoms with Crippen LogP contribution in [0.1, 0.15) is 10.6 Å². The fourth-order valence-corrected chi connectivity index (χ4v) is 2.35. The second-order valence-corrected chi connectivity index (χ2v) is 4.51. The van der Waals surface area contributed by atoms with Crippen LogP contribution in [0.15, 0.2) is 31.4 Å². The molecule has 0 aliphatic heterocycles. The molecule has 1 heterocycles. The topological polar surface area (TPSA) is 22.1 Å². The molecule has 86 valence electrons. The highest BCUT2D eigenvalue weighted by atomic mass is 32.1. The predicted octanol–water partition coefficient (Wildman–Crippen LogP) is 3.60. The summed E-state index contributed by atoms with van der Waals surface area (Å²) in [5.74, 6) is 0. The predicted molar refractivity (Wildman–Crippen MR) is 71.2 cm³/mol. The molecule has 0 aliphatic rings. The zero-order valence-corrected chi connectivity index (χ0v) is 10.6. The number of fused-ring (bicyclic) bond motifs is 1. The van der Waals surface area contributed by atoms with Crippen molar-refractivity contribution in [2.75, 3.05) is 13.7 Å². The standard InChI is InChI=1S/C11H13NOS.C2H4/c1-8-12-10-4-3-9(5-6-13-2)7-11(10)14-8;1-2/h3-4,7H,5-6H2,1-2H3;1-2H2. The highest BCUT2D eigenvalue weighted by Crippen LogP contribution is 2.22. The monoisotopic (exact) mass is 235 g/mol. The van der Waals surface area contributed by atoms with Gasteiger partial charge < -0.3 is 4.74 Å². The van der Waals surface area contributed by atoms with Crippen molar-refractivity contribution in [3.63, 3.8) is 0 Å². The molecule has 0 saturated carbocycles. The molecule has 2 nitrogen and oxygen atoms in total. The first-order valence-corrected chi connectivity index (χ1v) is 5.96. The third-order valence-electron chi connectivity index (χ3n) is 2.15. The van der Waals surface area contributed by atoms with Gasteiger partial charge in [-0.1, -0.05) is 6.07 Å². The van der Waals surface area contributed by atoms with E-state index in [9.17, 15) is 0 Å². The number of nitrogens with zero attached hydrogens (tertiary/aromatic N) is 1. The third-order valence-corrected chi connectivity index (χ3v) is 3.09. The van der Waals surface area contributed by atoms with Crippen LogP contribution in [0.2, 0.25) is 0 Å². The quantitative estimate of drug-likeness (QED) is 0.758. The lowest BCUT2D eigenvalue weighted by molar-refractivity contribution is 0.202. The van der Waals surface area contributed by atoms with E-state index in [4.69, 9.17) is 4.74 Å². The maximum absolute atomic E-state index is 5.05. The zero-order valence-electron chi connectivity index (χ0n) is 9.82. The molecule has 3 heteroatoms. The van der Waals surface area contributed by atoms with E-state index in [0.29, 0.717) is 0 Å². The minimum atomic E-state index is 0.781. The van der Waals surface area contributed by atoms with Gasteiger partial charge in [0.25, 0.3) is 0 Å². The minimum Gasteiger partial charge on any atom is -0.384 e. The van der Waals surface area contributed by atoms with Gasteiger partial charge in [-0.3, -0.25) is 0 Å². The van der Waals surface area contributed by atoms with E-state index in [-0.39, 0.29) is 0 Å². The molecule has 2 rings (SSSR count). The lowest BCUT2D eigenvalue weighted by atomic mass is 10.1. The summed E-state index contributed by atoms with van der Waals surface area (Å²) in [7, 11) is 1.73. The van der Waals surface area contributed by atoms with Crippen LogP contribution >= 0.6 is 11.3 Å². The first-order valence-electron chi connectivity index (χ1n) is 5.14. The van der Waals surface area contributed by atoms with Gasteiger partial charge in [0.2, 0.25) is 0 Å². The Morgan fingerprint density at radius 3 is 2.81 bits per heavy atom. The van der Waals surface area contributed by atoms with Gasteiger partial charge in [0, 0.05) is 7.11 Å². The Bertz CT molecular complexity index is 450. The summed E-state index contributed by atoms with van der Waals surface area (Å²) in [6, 6.07) is 6.42. The van der Waals surface area contributed by atoms with Crippen molar-refractivity contribution < 1.29 is 4.74 Å². The summed E-state index contributed by atoms with van der Waals surface area (Å²) in [5, 5.41) is 1.13. The molecule has 0 radical (unpaired) electrons. The Balaban J connectivity index is 0.000000606. The van der Waals surface area contributed by atoms with Crippen LogP contribution in [0.5, 0.6) is 0 Å². The molecule has 0 amide bonds. The molecular formula is C13H17NOS. The number of rotatable bonds is 3. The fourth-order valence-electron chi connectivity index (χ4n) is 1.46. The van der Waals surface area contributed by atoms with Crippen molar-refractivity contribution in [3.05, 3.63) is 41.9 Å². The Morgan fingerprint density at radius 1 is 1.38 bits per heavy atom. The number of methoxy groups -OCH3 is 1. The van der Waals surface area contributed by atoms with Crippen molar-refractivity contribution in [1.29, 1.82) is 0 Å². The fraction of sp³-hybridized carbons (Fsp3) is 0.308. The van der Waals surface area contributed by atoms with Crippen LogP contribution < -0.4 is 0 Å². The van der Waals surface area contributed by atoms with E-state index < -0.39 is 0 Å². The van der Waals surface area contributed by atoms with Gasteiger partial charge in [0.15, 0.2) is 0 Å². The highest BCUT2D eigenvalue weighted by molar-refractivity contribution is 7.18. The normalized spacial score (nSPS) is 9.88. The van der Waals surface area contributed by atoms with E-state index >= 15 is 0 Å². The molecule has 2 aromatic rings. The first kappa shape index (κ1) is 12.9. The number of aromatic nitrogens is 1. The first-order chi connectivity index (χ1) is 7.79. The summed E-state index contributed by atoms with van der Waals surface area (Å²) >= 11 is 1.75. The largest absolute Gasteiger partial charge is 0.384 e. The molecule has 0 aliphatic carbocycles. The van der Waals surface area contributed by atoms with E-state index in [2.05, 4.69) is 36.3 Å². The maximum atomic E-state index is 5.05. The summed E-state index contributed by atoms with van der Waals surface area (Å²) in [6.45, 7) is 8.82. The summed E-state index contributed by atoms with van der Waals surface area (Å²) in [4.78, 5) is 4.42. The molecular weight excluding hydrogens is 218 g/mol. The van der Waals surface area contributed by atoms with Gasteiger partial charge in [-0.15, -0.1) is 24.5 Å².